The van der Waals surface area contributed by atoms with Crippen LogP contribution in [0.3, 0.4) is 0 Å². The zero-order valence-corrected chi connectivity index (χ0v) is 13.8. The van der Waals surface area contributed by atoms with Crippen LogP contribution in [0.4, 0.5) is 0 Å². The molecule has 22 heavy (non-hydrogen) atoms. The topological polar surface area (TPSA) is 36.4 Å². The summed E-state index contributed by atoms with van der Waals surface area (Å²) in [5, 5.41) is 0. The van der Waals surface area contributed by atoms with Gasteiger partial charge in [-0.3, -0.25) is 9.69 Å². The van der Waals surface area contributed by atoms with E-state index in [1.165, 1.54) is 51.5 Å². The molecule has 4 heteroatoms. The van der Waals surface area contributed by atoms with Gasteiger partial charge in [0.05, 0.1) is 11.7 Å². The predicted molar refractivity (Wildman–Crippen MR) is 87.8 cm³/mol. The summed E-state index contributed by atoms with van der Waals surface area (Å²) in [6, 6.07) is 7.02. The molecule has 1 aromatic rings. The molecular formula is C18H27N3O. The first-order chi connectivity index (χ1) is 10.7. The maximum atomic E-state index is 12.1. The Kier molecular flexibility index (Phi) is 4.77. The van der Waals surface area contributed by atoms with Gasteiger partial charge < -0.3 is 4.90 Å². The highest BCUT2D eigenvalue weighted by atomic mass is 16.2. The number of carbonyl (C=O) groups excluding carboxylic acids is 1. The Morgan fingerprint density at radius 2 is 1.91 bits per heavy atom. The third kappa shape index (κ3) is 3.17. The molecule has 2 fully saturated rings. The van der Waals surface area contributed by atoms with Gasteiger partial charge in [-0.25, -0.2) is 4.98 Å². The fourth-order valence-corrected chi connectivity index (χ4v) is 3.94. The molecule has 1 aliphatic heterocycles. The van der Waals surface area contributed by atoms with Crippen LogP contribution in [0, 0.1) is 0 Å². The number of hydrogen-bond acceptors (Lipinski definition) is 3. The Bertz CT molecular complexity index is 523. The van der Waals surface area contributed by atoms with E-state index in [0.717, 1.165) is 11.7 Å². The van der Waals surface area contributed by atoms with Crippen molar-refractivity contribution in [2.75, 3.05) is 20.6 Å². The van der Waals surface area contributed by atoms with E-state index in [4.69, 9.17) is 0 Å². The Morgan fingerprint density at radius 1 is 1.14 bits per heavy atom. The SMILES string of the molecule is CN(C)C(=O)c1cccc([C@H]2CCCN2C2CCCCC2)n1. The molecule has 2 heterocycles. The molecule has 3 rings (SSSR count). The summed E-state index contributed by atoms with van der Waals surface area (Å²) in [5.41, 5.74) is 1.65. The molecule has 0 bridgehead atoms. The molecule has 1 atom stereocenters. The van der Waals surface area contributed by atoms with Gasteiger partial charge in [-0.15, -0.1) is 0 Å². The van der Waals surface area contributed by atoms with Crippen molar-refractivity contribution in [1.29, 1.82) is 0 Å². The van der Waals surface area contributed by atoms with E-state index in [0.29, 0.717) is 11.7 Å². The van der Waals surface area contributed by atoms with Gasteiger partial charge in [-0.2, -0.15) is 0 Å². The van der Waals surface area contributed by atoms with Crippen LogP contribution >= 0.6 is 0 Å². The van der Waals surface area contributed by atoms with Crippen molar-refractivity contribution in [3.63, 3.8) is 0 Å². The minimum absolute atomic E-state index is 0.0101. The second-order valence-corrected chi connectivity index (χ2v) is 6.83. The van der Waals surface area contributed by atoms with E-state index in [9.17, 15) is 4.79 Å². The molecule has 0 aromatic carbocycles. The molecule has 0 spiro atoms. The van der Waals surface area contributed by atoms with Gasteiger partial charge in [0.1, 0.15) is 5.69 Å². The van der Waals surface area contributed by atoms with Gasteiger partial charge in [0.25, 0.3) is 5.91 Å². The highest BCUT2D eigenvalue weighted by Crippen LogP contribution is 2.36. The Hall–Kier alpha value is -1.42. The normalized spacial score (nSPS) is 23.6. The van der Waals surface area contributed by atoms with Gasteiger partial charge in [0.15, 0.2) is 0 Å². The summed E-state index contributed by atoms with van der Waals surface area (Å²) in [6.07, 6.45) is 9.18. The summed E-state index contributed by atoms with van der Waals surface area (Å²) in [4.78, 5) is 21.1. The van der Waals surface area contributed by atoms with Crippen molar-refractivity contribution >= 4 is 5.91 Å². The molecular weight excluding hydrogens is 274 g/mol. The predicted octanol–water partition coefficient (Wildman–Crippen LogP) is 3.25. The smallest absolute Gasteiger partial charge is 0.271 e. The van der Waals surface area contributed by atoms with Crippen LogP contribution in [0.25, 0.3) is 0 Å². The molecule has 2 aliphatic rings. The summed E-state index contributed by atoms with van der Waals surface area (Å²) < 4.78 is 0. The number of hydrogen-bond donors (Lipinski definition) is 0. The average molecular weight is 301 g/mol. The molecule has 1 aromatic heterocycles. The zero-order valence-electron chi connectivity index (χ0n) is 13.8. The van der Waals surface area contributed by atoms with Crippen LogP contribution in [0.2, 0.25) is 0 Å². The number of pyridine rings is 1. The van der Waals surface area contributed by atoms with Crippen LogP contribution in [-0.2, 0) is 0 Å². The van der Waals surface area contributed by atoms with Crippen LogP contribution in [0.1, 0.15) is 67.2 Å². The third-order valence-corrected chi connectivity index (χ3v) is 5.08. The first kappa shape index (κ1) is 15.5. The lowest BCUT2D eigenvalue weighted by Gasteiger charge is -2.35. The Balaban J connectivity index is 1.80. The maximum absolute atomic E-state index is 12.1. The third-order valence-electron chi connectivity index (χ3n) is 5.08. The van der Waals surface area contributed by atoms with Crippen LogP contribution in [0.5, 0.6) is 0 Å². The van der Waals surface area contributed by atoms with Crippen molar-refractivity contribution in [2.24, 2.45) is 0 Å². The zero-order chi connectivity index (χ0) is 15.5. The molecule has 0 N–H and O–H groups in total. The average Bonchev–Trinajstić information content (AvgIpc) is 3.04. The van der Waals surface area contributed by atoms with Crippen LogP contribution < -0.4 is 0 Å². The minimum atomic E-state index is -0.0101. The van der Waals surface area contributed by atoms with E-state index < -0.39 is 0 Å². The van der Waals surface area contributed by atoms with Crippen molar-refractivity contribution in [3.8, 4) is 0 Å². The van der Waals surface area contributed by atoms with Crippen molar-refractivity contribution in [2.45, 2.75) is 57.0 Å². The number of nitrogens with zero attached hydrogens (tertiary/aromatic N) is 3. The maximum Gasteiger partial charge on any atom is 0.271 e. The molecule has 4 nitrogen and oxygen atoms in total. The lowest BCUT2D eigenvalue weighted by atomic mass is 9.93. The standard InChI is InChI=1S/C18H27N3O/c1-20(2)18(22)16-11-6-10-15(19-16)17-12-7-13-21(17)14-8-4-3-5-9-14/h6,10-11,14,17H,3-5,7-9,12-13H2,1-2H3/t17-/m1/s1. The Labute approximate surface area is 133 Å². The first-order valence-corrected chi connectivity index (χ1v) is 8.61. The molecule has 1 amide bonds. The summed E-state index contributed by atoms with van der Waals surface area (Å²) >= 11 is 0. The molecule has 0 radical (unpaired) electrons. The quantitative estimate of drug-likeness (QED) is 0.860. The fraction of sp³-hybridized carbons (Fsp3) is 0.667. The summed E-state index contributed by atoms with van der Waals surface area (Å²) in [6.45, 7) is 1.18. The van der Waals surface area contributed by atoms with Gasteiger partial charge in [-0.05, 0) is 44.4 Å². The van der Waals surface area contributed by atoms with Gasteiger partial charge in [0.2, 0.25) is 0 Å². The largest absolute Gasteiger partial charge is 0.343 e. The number of carbonyl (C=O) groups is 1. The molecule has 1 saturated heterocycles. The van der Waals surface area contributed by atoms with Crippen LogP contribution in [-0.4, -0.2) is 47.4 Å². The molecule has 1 saturated carbocycles. The highest BCUT2D eigenvalue weighted by Gasteiger charge is 2.33. The molecule has 1 aliphatic carbocycles. The number of aromatic nitrogens is 1. The van der Waals surface area contributed by atoms with E-state index in [1.54, 1.807) is 19.0 Å². The van der Waals surface area contributed by atoms with Gasteiger partial charge >= 0.3 is 0 Å². The van der Waals surface area contributed by atoms with Crippen molar-refractivity contribution in [1.82, 2.24) is 14.8 Å². The number of likely N-dealkylation sites (tertiary alicyclic amines) is 1. The first-order valence-electron chi connectivity index (χ1n) is 8.61. The summed E-state index contributed by atoms with van der Waals surface area (Å²) in [5.74, 6) is -0.0101. The highest BCUT2D eigenvalue weighted by molar-refractivity contribution is 5.91. The van der Waals surface area contributed by atoms with Crippen molar-refractivity contribution in [3.05, 3.63) is 29.6 Å². The van der Waals surface area contributed by atoms with E-state index in [-0.39, 0.29) is 5.91 Å². The van der Waals surface area contributed by atoms with E-state index >= 15 is 0 Å². The Morgan fingerprint density at radius 3 is 2.64 bits per heavy atom. The van der Waals surface area contributed by atoms with E-state index in [2.05, 4.69) is 16.0 Å². The molecule has 120 valence electrons. The summed E-state index contributed by atoms with van der Waals surface area (Å²) in [7, 11) is 3.56. The second-order valence-electron chi connectivity index (χ2n) is 6.83. The van der Waals surface area contributed by atoms with Crippen molar-refractivity contribution < 1.29 is 4.79 Å². The molecule has 0 unspecified atom stereocenters. The number of rotatable bonds is 3. The second kappa shape index (κ2) is 6.78. The number of amides is 1. The van der Waals surface area contributed by atoms with Crippen LogP contribution in [0.15, 0.2) is 18.2 Å². The van der Waals surface area contributed by atoms with Gasteiger partial charge in [-0.1, -0.05) is 25.3 Å². The van der Waals surface area contributed by atoms with Gasteiger partial charge in [0, 0.05) is 20.1 Å². The minimum Gasteiger partial charge on any atom is -0.343 e. The van der Waals surface area contributed by atoms with E-state index in [1.807, 2.05) is 12.1 Å². The lowest BCUT2D eigenvalue weighted by molar-refractivity contribution is 0.0820. The lowest BCUT2D eigenvalue weighted by Crippen LogP contribution is -2.36. The fourth-order valence-electron chi connectivity index (χ4n) is 3.94. The monoisotopic (exact) mass is 301 g/mol.